The average molecular weight is 285 g/mol. The molecule has 3 rings (SSSR count). The number of hydrogen-bond acceptors (Lipinski definition) is 5. The number of para-hydroxylation sites is 1. The van der Waals surface area contributed by atoms with Crippen LogP contribution in [0.25, 0.3) is 11.0 Å². The summed E-state index contributed by atoms with van der Waals surface area (Å²) in [7, 11) is 0. The first-order valence-corrected chi connectivity index (χ1v) is 7.94. The van der Waals surface area contributed by atoms with Gasteiger partial charge >= 0.3 is 0 Å². The van der Waals surface area contributed by atoms with Crippen molar-refractivity contribution in [1.82, 2.24) is 20.5 Å². The van der Waals surface area contributed by atoms with Gasteiger partial charge in [0.25, 0.3) is 0 Å². The molecule has 0 amide bonds. The van der Waals surface area contributed by atoms with Crippen LogP contribution in [-0.2, 0) is 0 Å². The van der Waals surface area contributed by atoms with Gasteiger partial charge in [-0.05, 0) is 37.9 Å². The van der Waals surface area contributed by atoms with Crippen LogP contribution in [0.5, 0.6) is 0 Å². The number of fused-ring (bicyclic) bond motifs is 1. The van der Waals surface area contributed by atoms with E-state index in [1.54, 1.807) is 0 Å². The van der Waals surface area contributed by atoms with Gasteiger partial charge in [-0.25, -0.2) is 4.98 Å². The molecule has 21 heavy (non-hydrogen) atoms. The summed E-state index contributed by atoms with van der Waals surface area (Å²) in [5.41, 5.74) is 1.78. The second-order valence-electron chi connectivity index (χ2n) is 5.69. The maximum Gasteiger partial charge on any atom is 0.245 e. The largest absolute Gasteiger partial charge is 0.338 e. The standard InChI is InChI=1S/C16H23N5/c1-2-3-11-21(12-13-7-6-10-17-13)16-18-14-8-4-5-9-15(14)19-20-16/h4-5,8-9,13,17H,2-3,6-7,10-12H2,1H3. The molecule has 5 heteroatoms. The lowest BCUT2D eigenvalue weighted by atomic mass is 10.2. The zero-order valence-corrected chi connectivity index (χ0v) is 12.6. The van der Waals surface area contributed by atoms with E-state index in [9.17, 15) is 0 Å². The van der Waals surface area contributed by atoms with Crippen molar-refractivity contribution in [3.63, 3.8) is 0 Å². The fourth-order valence-electron chi connectivity index (χ4n) is 2.81. The molecule has 0 bridgehead atoms. The van der Waals surface area contributed by atoms with Gasteiger partial charge in [0, 0.05) is 19.1 Å². The summed E-state index contributed by atoms with van der Waals surface area (Å²) >= 11 is 0. The molecule has 112 valence electrons. The molecule has 5 nitrogen and oxygen atoms in total. The molecule has 1 atom stereocenters. The number of nitrogens with zero attached hydrogens (tertiary/aromatic N) is 4. The Hall–Kier alpha value is -1.75. The van der Waals surface area contributed by atoms with Crippen molar-refractivity contribution in [3.05, 3.63) is 24.3 Å². The average Bonchev–Trinajstić information content (AvgIpc) is 3.04. The number of anilines is 1. The van der Waals surface area contributed by atoms with Crippen LogP contribution in [0.4, 0.5) is 5.95 Å². The van der Waals surface area contributed by atoms with Gasteiger partial charge in [0.15, 0.2) is 0 Å². The van der Waals surface area contributed by atoms with E-state index in [1.807, 2.05) is 24.3 Å². The lowest BCUT2D eigenvalue weighted by Crippen LogP contribution is -2.39. The first kappa shape index (κ1) is 14.2. The van der Waals surface area contributed by atoms with Crippen LogP contribution in [0.1, 0.15) is 32.6 Å². The van der Waals surface area contributed by atoms with Gasteiger partial charge in [0.05, 0.1) is 5.52 Å². The number of unbranched alkanes of at least 4 members (excludes halogenated alkanes) is 1. The van der Waals surface area contributed by atoms with Crippen LogP contribution in [0.15, 0.2) is 24.3 Å². The lowest BCUT2D eigenvalue weighted by molar-refractivity contribution is 0.564. The number of nitrogens with one attached hydrogen (secondary N) is 1. The summed E-state index contributed by atoms with van der Waals surface area (Å²) < 4.78 is 0. The maximum atomic E-state index is 4.70. The third-order valence-corrected chi connectivity index (χ3v) is 4.02. The molecular weight excluding hydrogens is 262 g/mol. The topological polar surface area (TPSA) is 53.9 Å². The molecule has 2 heterocycles. The molecule has 1 aliphatic heterocycles. The molecule has 1 aliphatic rings. The van der Waals surface area contributed by atoms with Crippen LogP contribution in [-0.4, -0.2) is 40.9 Å². The van der Waals surface area contributed by atoms with E-state index in [0.717, 1.165) is 43.0 Å². The fraction of sp³-hybridized carbons (Fsp3) is 0.562. The predicted molar refractivity (Wildman–Crippen MR) is 85.5 cm³/mol. The second kappa shape index (κ2) is 6.80. The zero-order chi connectivity index (χ0) is 14.5. The molecule has 0 aliphatic carbocycles. The fourth-order valence-corrected chi connectivity index (χ4v) is 2.81. The summed E-state index contributed by atoms with van der Waals surface area (Å²) in [5, 5.41) is 12.2. The summed E-state index contributed by atoms with van der Waals surface area (Å²) in [4.78, 5) is 6.98. The molecule has 2 aromatic rings. The van der Waals surface area contributed by atoms with Crippen molar-refractivity contribution < 1.29 is 0 Å². The Bertz CT molecular complexity index is 580. The van der Waals surface area contributed by atoms with Gasteiger partial charge in [-0.15, -0.1) is 10.2 Å². The first-order chi connectivity index (χ1) is 10.4. The number of aromatic nitrogens is 3. The van der Waals surface area contributed by atoms with Crippen LogP contribution >= 0.6 is 0 Å². The third-order valence-electron chi connectivity index (χ3n) is 4.02. The van der Waals surface area contributed by atoms with Crippen molar-refractivity contribution in [1.29, 1.82) is 0 Å². The van der Waals surface area contributed by atoms with Crippen molar-refractivity contribution in [3.8, 4) is 0 Å². The van der Waals surface area contributed by atoms with Gasteiger partial charge in [-0.3, -0.25) is 0 Å². The number of rotatable bonds is 6. The van der Waals surface area contributed by atoms with E-state index in [1.165, 1.54) is 19.3 Å². The quantitative estimate of drug-likeness (QED) is 0.883. The van der Waals surface area contributed by atoms with E-state index >= 15 is 0 Å². The summed E-state index contributed by atoms with van der Waals surface area (Å²) in [5.74, 6) is 0.760. The first-order valence-electron chi connectivity index (χ1n) is 7.94. The molecular formula is C16H23N5. The van der Waals surface area contributed by atoms with Gasteiger partial charge in [-0.1, -0.05) is 25.5 Å². The number of hydrogen-bond donors (Lipinski definition) is 1. The summed E-state index contributed by atoms with van der Waals surface area (Å²) in [6.07, 6.45) is 4.84. The lowest BCUT2D eigenvalue weighted by Gasteiger charge is -2.25. The van der Waals surface area contributed by atoms with E-state index in [0.29, 0.717) is 6.04 Å². The third kappa shape index (κ3) is 3.47. The molecule has 0 radical (unpaired) electrons. The monoisotopic (exact) mass is 285 g/mol. The van der Waals surface area contributed by atoms with Crippen molar-refractivity contribution in [2.45, 2.75) is 38.6 Å². The predicted octanol–water partition coefficient (Wildman–Crippen LogP) is 2.38. The highest BCUT2D eigenvalue weighted by Gasteiger charge is 2.19. The van der Waals surface area contributed by atoms with Crippen molar-refractivity contribution in [2.24, 2.45) is 0 Å². The van der Waals surface area contributed by atoms with E-state index in [2.05, 4.69) is 27.3 Å². The van der Waals surface area contributed by atoms with Crippen LogP contribution in [0.3, 0.4) is 0 Å². The van der Waals surface area contributed by atoms with Gasteiger partial charge < -0.3 is 10.2 Å². The molecule has 1 saturated heterocycles. The van der Waals surface area contributed by atoms with Crippen LogP contribution in [0.2, 0.25) is 0 Å². The van der Waals surface area contributed by atoms with E-state index in [-0.39, 0.29) is 0 Å². The molecule has 0 saturated carbocycles. The van der Waals surface area contributed by atoms with Gasteiger partial charge in [-0.2, -0.15) is 0 Å². The normalized spacial score (nSPS) is 18.2. The molecule has 1 aromatic heterocycles. The highest BCUT2D eigenvalue weighted by atomic mass is 15.3. The highest BCUT2D eigenvalue weighted by molar-refractivity contribution is 5.74. The summed E-state index contributed by atoms with van der Waals surface area (Å²) in [6, 6.07) is 8.47. The minimum absolute atomic E-state index is 0.553. The van der Waals surface area contributed by atoms with Crippen molar-refractivity contribution >= 4 is 17.0 Å². The van der Waals surface area contributed by atoms with Gasteiger partial charge in [0.1, 0.15) is 5.52 Å². The molecule has 1 aromatic carbocycles. The Morgan fingerprint density at radius 1 is 1.24 bits per heavy atom. The van der Waals surface area contributed by atoms with E-state index in [4.69, 9.17) is 4.98 Å². The Morgan fingerprint density at radius 2 is 2.10 bits per heavy atom. The smallest absolute Gasteiger partial charge is 0.245 e. The molecule has 1 N–H and O–H groups in total. The highest BCUT2D eigenvalue weighted by Crippen LogP contribution is 2.15. The Labute approximate surface area is 125 Å². The minimum atomic E-state index is 0.553. The zero-order valence-electron chi connectivity index (χ0n) is 12.6. The minimum Gasteiger partial charge on any atom is -0.338 e. The van der Waals surface area contributed by atoms with Crippen LogP contribution < -0.4 is 10.2 Å². The maximum absolute atomic E-state index is 4.70. The Morgan fingerprint density at radius 3 is 2.86 bits per heavy atom. The second-order valence-corrected chi connectivity index (χ2v) is 5.69. The Balaban J connectivity index is 1.81. The summed E-state index contributed by atoms with van der Waals surface area (Å²) in [6.45, 7) is 5.31. The number of benzene rings is 1. The van der Waals surface area contributed by atoms with E-state index < -0.39 is 0 Å². The molecule has 1 unspecified atom stereocenters. The van der Waals surface area contributed by atoms with Crippen LogP contribution in [0, 0.1) is 0 Å². The SMILES string of the molecule is CCCCN(CC1CCCN1)c1nnc2ccccc2n1. The van der Waals surface area contributed by atoms with Gasteiger partial charge in [0.2, 0.25) is 5.95 Å². The van der Waals surface area contributed by atoms with Crippen molar-refractivity contribution in [2.75, 3.05) is 24.5 Å². The Kier molecular flexibility index (Phi) is 4.60. The molecule has 0 spiro atoms. The molecule has 1 fully saturated rings.